The van der Waals surface area contributed by atoms with Gasteiger partial charge < -0.3 is 20.0 Å². The van der Waals surface area contributed by atoms with E-state index in [9.17, 15) is 18.4 Å². The zero-order chi connectivity index (χ0) is 24.9. The van der Waals surface area contributed by atoms with E-state index < -0.39 is 28.8 Å². The highest BCUT2D eigenvalue weighted by atomic mass is 19.1. The number of amides is 1. The second-order valence-corrected chi connectivity index (χ2v) is 8.87. The van der Waals surface area contributed by atoms with Gasteiger partial charge in [0, 0.05) is 33.3 Å². The molecule has 0 saturated carbocycles. The van der Waals surface area contributed by atoms with Gasteiger partial charge in [0.15, 0.2) is 11.6 Å². The molecule has 1 amide bonds. The Morgan fingerprint density at radius 3 is 2.31 bits per heavy atom. The summed E-state index contributed by atoms with van der Waals surface area (Å²) in [6, 6.07) is 9.40. The van der Waals surface area contributed by atoms with Crippen molar-refractivity contribution in [3.8, 4) is 5.69 Å². The Morgan fingerprint density at radius 1 is 0.943 bits per heavy atom. The number of aromatic nitrogens is 2. The number of nitrogens with one attached hydrogen (secondary N) is 1. The fourth-order valence-electron chi connectivity index (χ4n) is 4.78. The molecule has 3 aromatic rings. The van der Waals surface area contributed by atoms with Gasteiger partial charge in [0.05, 0.1) is 28.9 Å². The van der Waals surface area contributed by atoms with Gasteiger partial charge in [-0.25, -0.2) is 8.78 Å². The normalized spacial score (nSPS) is 17.2. The molecule has 2 aliphatic rings. The molecule has 1 fully saturated rings. The van der Waals surface area contributed by atoms with Crippen LogP contribution in [0.1, 0.15) is 30.3 Å². The summed E-state index contributed by atoms with van der Waals surface area (Å²) >= 11 is 0. The van der Waals surface area contributed by atoms with E-state index in [1.165, 1.54) is 12.1 Å². The Bertz CT molecular complexity index is 1350. The average molecular weight is 481 g/mol. The predicted octanol–water partition coefficient (Wildman–Crippen LogP) is 3.60. The number of hydrogen-bond acceptors (Lipinski definition) is 6. The zero-order valence-electron chi connectivity index (χ0n) is 19.8. The summed E-state index contributed by atoms with van der Waals surface area (Å²) in [5.41, 5.74) is 2.13. The quantitative estimate of drug-likeness (QED) is 0.615. The summed E-state index contributed by atoms with van der Waals surface area (Å²) in [6.45, 7) is 3.86. The highest BCUT2D eigenvalue weighted by Crippen LogP contribution is 2.49. The maximum absolute atomic E-state index is 14.3. The van der Waals surface area contributed by atoms with E-state index in [1.54, 1.807) is 0 Å². The van der Waals surface area contributed by atoms with Gasteiger partial charge in [0.2, 0.25) is 0 Å². The number of carbonyl (C=O) groups is 1. The molecule has 35 heavy (non-hydrogen) atoms. The lowest BCUT2D eigenvalue weighted by atomic mass is 10.1. The van der Waals surface area contributed by atoms with Crippen LogP contribution in [0.2, 0.25) is 0 Å². The van der Waals surface area contributed by atoms with E-state index in [0.717, 1.165) is 61.2 Å². The SMILES string of the molecule is CC1N(C)c2ccc(NC(=O)c3ccc(=O)n(-c4c(F)cccc4F)n3)c(N3CCCC3)c2N1C. The molecule has 182 valence electrons. The van der Waals surface area contributed by atoms with Gasteiger partial charge in [-0.3, -0.25) is 9.59 Å². The average Bonchev–Trinajstić information content (AvgIpc) is 3.44. The molecule has 1 aromatic heterocycles. The van der Waals surface area contributed by atoms with Crippen LogP contribution in [0.3, 0.4) is 0 Å². The van der Waals surface area contributed by atoms with Crippen LogP contribution >= 0.6 is 0 Å². The second kappa shape index (κ2) is 8.68. The monoisotopic (exact) mass is 480 g/mol. The third kappa shape index (κ3) is 3.78. The van der Waals surface area contributed by atoms with Crippen molar-refractivity contribution in [2.75, 3.05) is 47.2 Å². The number of fused-ring (bicyclic) bond motifs is 1. The fourth-order valence-corrected chi connectivity index (χ4v) is 4.78. The van der Waals surface area contributed by atoms with Crippen molar-refractivity contribution in [2.45, 2.75) is 25.9 Å². The van der Waals surface area contributed by atoms with Gasteiger partial charge in [-0.15, -0.1) is 0 Å². The lowest BCUT2D eigenvalue weighted by Crippen LogP contribution is -2.36. The number of carbonyl (C=O) groups excluding carboxylic acids is 1. The number of benzene rings is 2. The molecular formula is C25H26F2N6O2. The molecule has 0 bridgehead atoms. The van der Waals surface area contributed by atoms with Gasteiger partial charge in [-0.1, -0.05) is 6.07 Å². The lowest BCUT2D eigenvalue weighted by molar-refractivity contribution is 0.102. The standard InChI is InChI=1S/C25H26F2N6O2/c1-15-30(2)20-11-9-18(23(24(20)31(15)3)32-13-4-5-14-32)28-25(35)19-10-12-21(34)33(29-19)22-16(26)7-6-8-17(22)27/h6-12,15H,4-5,13-14H2,1-3H3,(H,28,35). The van der Waals surface area contributed by atoms with Gasteiger partial charge in [-0.05, 0) is 50.1 Å². The van der Waals surface area contributed by atoms with E-state index in [2.05, 4.69) is 32.0 Å². The molecule has 5 rings (SSSR count). The molecule has 2 aliphatic heterocycles. The van der Waals surface area contributed by atoms with Crippen LogP contribution in [0.5, 0.6) is 0 Å². The largest absolute Gasteiger partial charge is 0.368 e. The van der Waals surface area contributed by atoms with Crippen molar-refractivity contribution >= 4 is 28.7 Å². The Balaban J connectivity index is 1.55. The molecule has 1 unspecified atom stereocenters. The third-order valence-corrected chi connectivity index (χ3v) is 6.84. The number of halogens is 2. The predicted molar refractivity (Wildman–Crippen MR) is 132 cm³/mol. The highest BCUT2D eigenvalue weighted by molar-refractivity contribution is 6.07. The van der Waals surface area contributed by atoms with Crippen molar-refractivity contribution in [1.82, 2.24) is 9.78 Å². The number of hydrogen-bond donors (Lipinski definition) is 1. The van der Waals surface area contributed by atoms with Crippen molar-refractivity contribution in [1.29, 1.82) is 0 Å². The van der Waals surface area contributed by atoms with Gasteiger partial charge >= 0.3 is 0 Å². The molecule has 3 heterocycles. The van der Waals surface area contributed by atoms with Crippen molar-refractivity contribution < 1.29 is 13.6 Å². The van der Waals surface area contributed by atoms with E-state index in [1.807, 2.05) is 26.2 Å². The molecule has 2 aromatic carbocycles. The summed E-state index contributed by atoms with van der Waals surface area (Å²) in [6.07, 6.45) is 2.28. The molecule has 1 saturated heterocycles. The van der Waals surface area contributed by atoms with Crippen LogP contribution in [0, 0.1) is 11.6 Å². The topological polar surface area (TPSA) is 73.7 Å². The zero-order valence-corrected chi connectivity index (χ0v) is 19.8. The van der Waals surface area contributed by atoms with E-state index in [-0.39, 0.29) is 11.9 Å². The smallest absolute Gasteiger partial charge is 0.276 e. The summed E-state index contributed by atoms with van der Waals surface area (Å²) < 4.78 is 29.2. The molecule has 1 atom stereocenters. The molecule has 0 aliphatic carbocycles. The minimum Gasteiger partial charge on any atom is -0.368 e. The Labute approximate surface area is 201 Å². The van der Waals surface area contributed by atoms with E-state index in [0.29, 0.717) is 10.4 Å². The van der Waals surface area contributed by atoms with Gasteiger partial charge in [0.25, 0.3) is 11.5 Å². The van der Waals surface area contributed by atoms with Crippen LogP contribution < -0.4 is 25.6 Å². The first kappa shape index (κ1) is 22.8. The Morgan fingerprint density at radius 2 is 1.63 bits per heavy atom. The van der Waals surface area contributed by atoms with Crippen LogP contribution in [0.15, 0.2) is 47.3 Å². The van der Waals surface area contributed by atoms with E-state index >= 15 is 0 Å². The van der Waals surface area contributed by atoms with Crippen molar-refractivity contribution in [2.24, 2.45) is 0 Å². The Kier molecular flexibility index (Phi) is 5.66. The first-order valence-corrected chi connectivity index (χ1v) is 11.5. The first-order chi connectivity index (χ1) is 16.8. The number of nitrogens with zero attached hydrogens (tertiary/aromatic N) is 5. The van der Waals surface area contributed by atoms with Crippen LogP contribution in [0.4, 0.5) is 31.5 Å². The lowest BCUT2D eigenvalue weighted by Gasteiger charge is -2.28. The summed E-state index contributed by atoms with van der Waals surface area (Å²) in [7, 11) is 4.06. The molecule has 10 heteroatoms. The molecule has 8 nitrogen and oxygen atoms in total. The number of anilines is 4. The minimum atomic E-state index is -0.951. The summed E-state index contributed by atoms with van der Waals surface area (Å²) in [5.74, 6) is -2.49. The molecular weight excluding hydrogens is 454 g/mol. The highest BCUT2D eigenvalue weighted by Gasteiger charge is 2.34. The maximum atomic E-state index is 14.3. The summed E-state index contributed by atoms with van der Waals surface area (Å²) in [5, 5.41) is 6.90. The summed E-state index contributed by atoms with van der Waals surface area (Å²) in [4.78, 5) is 32.2. The van der Waals surface area contributed by atoms with Crippen molar-refractivity contribution in [3.63, 3.8) is 0 Å². The van der Waals surface area contributed by atoms with E-state index in [4.69, 9.17) is 0 Å². The van der Waals surface area contributed by atoms with Gasteiger partial charge in [-0.2, -0.15) is 9.78 Å². The third-order valence-electron chi connectivity index (χ3n) is 6.84. The van der Waals surface area contributed by atoms with Crippen LogP contribution in [-0.4, -0.2) is 49.0 Å². The molecule has 0 spiro atoms. The second-order valence-electron chi connectivity index (χ2n) is 8.87. The first-order valence-electron chi connectivity index (χ1n) is 11.5. The fraction of sp³-hybridized carbons (Fsp3) is 0.320. The molecule has 1 N–H and O–H groups in total. The van der Waals surface area contributed by atoms with Crippen LogP contribution in [0.25, 0.3) is 5.69 Å². The number of para-hydroxylation sites is 1. The molecule has 0 radical (unpaired) electrons. The number of rotatable bonds is 4. The van der Waals surface area contributed by atoms with Crippen LogP contribution in [-0.2, 0) is 0 Å². The Hall–Kier alpha value is -3.95. The van der Waals surface area contributed by atoms with Crippen molar-refractivity contribution in [3.05, 3.63) is 70.1 Å². The maximum Gasteiger partial charge on any atom is 0.276 e. The minimum absolute atomic E-state index is 0.140. The van der Waals surface area contributed by atoms with Gasteiger partial charge in [0.1, 0.15) is 11.4 Å².